The fraction of sp³-hybridized carbons (Fsp3) is 1.00. The van der Waals surface area contributed by atoms with Crippen molar-refractivity contribution in [2.24, 2.45) is 130 Å². The van der Waals surface area contributed by atoms with E-state index in [0.717, 1.165) is 75.9 Å². The molecule has 0 amide bonds. The van der Waals surface area contributed by atoms with Crippen molar-refractivity contribution in [1.29, 1.82) is 0 Å². The average Bonchev–Trinajstić information content (AvgIpc) is 1.69. The summed E-state index contributed by atoms with van der Waals surface area (Å²) in [6.45, 7) is 124. The molecule has 0 aromatic carbocycles. The topological polar surface area (TPSA) is 24.1 Å². The van der Waals surface area contributed by atoms with Crippen molar-refractivity contribution in [3.05, 3.63) is 0 Å². The summed E-state index contributed by atoms with van der Waals surface area (Å²) in [6, 6.07) is 0. The van der Waals surface area contributed by atoms with Crippen LogP contribution < -0.4 is 10.6 Å². The molecule has 0 spiro atoms. The highest BCUT2D eigenvalue weighted by Crippen LogP contribution is 2.63. The van der Waals surface area contributed by atoms with E-state index in [-0.39, 0.29) is 0 Å². The van der Waals surface area contributed by atoms with Crippen molar-refractivity contribution >= 4 is 0 Å². The van der Waals surface area contributed by atoms with Gasteiger partial charge in [-0.2, -0.15) is 0 Å². The Balaban J connectivity index is -0.000000170. The molecule has 0 aromatic rings. The Morgan fingerprint density at radius 1 is 0.196 bits per heavy atom. The minimum Gasteiger partial charge on any atom is -0.316 e. The molecule has 658 valence electrons. The van der Waals surface area contributed by atoms with Crippen molar-refractivity contribution in [1.82, 2.24) is 10.6 Å². The Morgan fingerprint density at radius 3 is 0.514 bits per heavy atom. The van der Waals surface area contributed by atoms with Gasteiger partial charge in [0.05, 0.1) is 0 Å². The van der Waals surface area contributed by atoms with Crippen LogP contribution in [0, 0.1) is 130 Å². The SMILES string of the molecule is CC.CC.CC.CC.CC.CC.CC.CC.CC(C)(C)C1(C(C)(C)C)CCCCCC1.CC(C)C1(C(C)(C)C)CC1.CC(C)C1(C(C)(C)C)CCCCC1.CC(C)C1(C(C)(C)C)CCNC1.CC(C)C1(C(C)C)CCC1.CC(C)C1(C(C)C)CCC1.CC(C)C1(C(C)C)CCCC1.CC(C)C1(C(C)C)CCN1. The minimum atomic E-state index is 0.435. The largest absolute Gasteiger partial charge is 0.316 e. The first kappa shape index (κ1) is 123. The average molecular weight is 1520 g/mol. The monoisotopic (exact) mass is 1520 g/mol. The third-order valence-corrected chi connectivity index (χ3v) is 30.4. The summed E-state index contributed by atoms with van der Waals surface area (Å²) >= 11 is 0. The van der Waals surface area contributed by atoms with Crippen molar-refractivity contribution < 1.29 is 0 Å². The Bertz CT molecular complexity index is 1760. The molecular weight excluding hydrogens is 1290 g/mol. The van der Waals surface area contributed by atoms with E-state index in [0.29, 0.717) is 59.7 Å². The van der Waals surface area contributed by atoms with Gasteiger partial charge in [-0.05, 0) is 233 Å². The Kier molecular flexibility index (Phi) is 67.3. The van der Waals surface area contributed by atoms with Gasteiger partial charge < -0.3 is 10.6 Å². The molecule has 2 heterocycles. The lowest BCUT2D eigenvalue weighted by atomic mass is 9.51. The predicted octanol–water partition coefficient (Wildman–Crippen LogP) is 37.2. The zero-order chi connectivity index (χ0) is 87.1. The van der Waals surface area contributed by atoms with Gasteiger partial charge in [0, 0.05) is 12.1 Å². The molecule has 1 atom stereocenters. The van der Waals surface area contributed by atoms with Crippen molar-refractivity contribution in [2.75, 3.05) is 19.6 Å². The number of rotatable bonds is 11. The van der Waals surface area contributed by atoms with Crippen LogP contribution in [0.1, 0.15) is 527 Å². The van der Waals surface area contributed by atoms with Crippen LogP contribution in [0.5, 0.6) is 0 Å². The zero-order valence-electron chi connectivity index (χ0n) is 86.6. The summed E-state index contributed by atoms with van der Waals surface area (Å²) < 4.78 is 0. The molecule has 6 saturated carbocycles. The molecule has 2 nitrogen and oxygen atoms in total. The van der Waals surface area contributed by atoms with Gasteiger partial charge in [-0.25, -0.2) is 0 Å². The standard InChI is InChI=1S/C15H30.C13H26.C11H23N.C11H22.3C10H20.C9H19N.8C2H6/c1-13(2,3)15(14(4,5)6)11-9-7-8-10-12-15;1-11(2)13(12(3,4)5)9-7-6-8-10-13;1-9(2)11(10(3,4)5)6-7-12-8-11;1-9(2)11(10(3)4)7-5-6-8-11;1-8(2)10(6-7-10)9(3,4)5;2*1-8(2)10(9(3)4)6-5-7-10;1-7(2)9(8(3)4)5-6-10-9;8*1-2/h7-12H2,1-6H3;11H,6-10H2,1-5H3;9,12H,6-8H2,1-5H3;9-10H,5-8H2,1-4H3;8H,6-7H2,1-5H3;2*8-9H,5-7H2,1-4H3;7-8,10H,5-6H2,1-4H3;8*1-2H3. The maximum absolute atomic E-state index is 3.56. The van der Waals surface area contributed by atoms with Gasteiger partial charge in [0.25, 0.3) is 0 Å². The summed E-state index contributed by atoms with van der Waals surface area (Å²) in [5, 5.41) is 7.06. The van der Waals surface area contributed by atoms with E-state index in [4.69, 9.17) is 0 Å². The molecule has 0 bridgehead atoms. The smallest absolute Gasteiger partial charge is 0.0239 e. The van der Waals surface area contributed by atoms with Gasteiger partial charge in [0.1, 0.15) is 0 Å². The van der Waals surface area contributed by atoms with Crippen LogP contribution in [0.4, 0.5) is 0 Å². The normalized spacial score (nSPS) is 21.3. The first-order chi connectivity index (χ1) is 49.3. The highest BCUT2D eigenvalue weighted by Gasteiger charge is 2.54. The lowest BCUT2D eigenvalue weighted by Gasteiger charge is -2.54. The van der Waals surface area contributed by atoms with E-state index in [1.165, 1.54) is 180 Å². The Morgan fingerprint density at radius 2 is 0.411 bits per heavy atom. The van der Waals surface area contributed by atoms with E-state index in [1.54, 1.807) is 0 Å². The van der Waals surface area contributed by atoms with E-state index in [2.05, 4.69) is 267 Å². The summed E-state index contributed by atoms with van der Waals surface area (Å²) in [5.74, 6) is 9.37. The van der Waals surface area contributed by atoms with E-state index >= 15 is 0 Å². The highest BCUT2D eigenvalue weighted by atomic mass is 15.1. The van der Waals surface area contributed by atoms with Crippen LogP contribution in [0.3, 0.4) is 0 Å². The fourth-order valence-electron chi connectivity index (χ4n) is 22.1. The lowest BCUT2D eigenvalue weighted by molar-refractivity contribution is -0.0462. The first-order valence-corrected chi connectivity index (χ1v) is 48.7. The molecule has 8 fully saturated rings. The van der Waals surface area contributed by atoms with Gasteiger partial charge in [-0.1, -0.05) is 438 Å². The molecule has 107 heavy (non-hydrogen) atoms. The van der Waals surface area contributed by atoms with Crippen LogP contribution in [0.2, 0.25) is 0 Å². The molecule has 2 N–H and O–H groups in total. The van der Waals surface area contributed by atoms with Crippen LogP contribution in [0.25, 0.3) is 0 Å². The zero-order valence-corrected chi connectivity index (χ0v) is 86.6. The van der Waals surface area contributed by atoms with Gasteiger partial charge >= 0.3 is 0 Å². The second-order valence-corrected chi connectivity index (χ2v) is 41.7. The summed E-state index contributed by atoms with van der Waals surface area (Å²) in [5.41, 5.74) is 7.31. The van der Waals surface area contributed by atoms with Crippen molar-refractivity contribution in [3.63, 3.8) is 0 Å². The second-order valence-electron chi connectivity index (χ2n) is 41.7. The molecule has 6 aliphatic carbocycles. The molecule has 8 rings (SSSR count). The van der Waals surface area contributed by atoms with E-state index in [1.807, 2.05) is 111 Å². The molecule has 0 radical (unpaired) electrons. The number of hydrogen-bond acceptors (Lipinski definition) is 2. The molecule has 2 saturated heterocycles. The first-order valence-electron chi connectivity index (χ1n) is 48.7. The van der Waals surface area contributed by atoms with Gasteiger partial charge in [0.2, 0.25) is 0 Å². The maximum Gasteiger partial charge on any atom is 0.0239 e. The summed E-state index contributed by atoms with van der Waals surface area (Å²) in [7, 11) is 0. The van der Waals surface area contributed by atoms with E-state index in [9.17, 15) is 0 Å². The molecule has 1 unspecified atom stereocenters. The van der Waals surface area contributed by atoms with Crippen LogP contribution in [-0.4, -0.2) is 25.2 Å². The Hall–Kier alpha value is -0.0800. The fourth-order valence-corrected chi connectivity index (χ4v) is 22.1. The molecule has 2 heteroatoms. The van der Waals surface area contributed by atoms with Crippen LogP contribution >= 0.6 is 0 Å². The van der Waals surface area contributed by atoms with E-state index < -0.39 is 0 Å². The number of hydrogen-bond donors (Lipinski definition) is 2. The summed E-state index contributed by atoms with van der Waals surface area (Å²) in [4.78, 5) is 0. The van der Waals surface area contributed by atoms with Gasteiger partial charge in [-0.3, -0.25) is 0 Å². The Labute approximate surface area is 689 Å². The second kappa shape index (κ2) is 58.7. The molecular formula is C105H228N2. The van der Waals surface area contributed by atoms with Crippen LogP contribution in [0.15, 0.2) is 0 Å². The third kappa shape index (κ3) is 35.7. The van der Waals surface area contributed by atoms with Crippen molar-refractivity contribution in [2.45, 2.75) is 533 Å². The molecule has 2 aliphatic heterocycles. The predicted molar refractivity (Wildman–Crippen MR) is 507 cm³/mol. The third-order valence-electron chi connectivity index (χ3n) is 30.4. The highest BCUT2D eigenvalue weighted by molar-refractivity contribution is 5.05. The quantitative estimate of drug-likeness (QED) is 0.202. The minimum absolute atomic E-state index is 0.435. The molecule has 0 aromatic heterocycles. The lowest BCUT2D eigenvalue weighted by Crippen LogP contribution is -2.63. The molecule has 8 aliphatic rings. The summed E-state index contributed by atoms with van der Waals surface area (Å²) in [6.07, 6.45) is 36.3. The number of nitrogens with one attached hydrogen (secondary N) is 2. The van der Waals surface area contributed by atoms with Gasteiger partial charge in [0.15, 0.2) is 0 Å². The van der Waals surface area contributed by atoms with Crippen LogP contribution in [-0.2, 0) is 0 Å². The van der Waals surface area contributed by atoms with Crippen molar-refractivity contribution in [3.8, 4) is 0 Å². The maximum atomic E-state index is 3.56. The van der Waals surface area contributed by atoms with Gasteiger partial charge in [-0.15, -0.1) is 0 Å².